The molecule has 0 rings (SSSR count). The lowest BCUT2D eigenvalue weighted by molar-refractivity contribution is -0.143. The number of amides is 2. The Bertz CT molecular complexity index is 320. The fourth-order valence-electron chi connectivity index (χ4n) is 1.50. The van der Waals surface area contributed by atoms with Crippen molar-refractivity contribution in [3.05, 3.63) is 0 Å². The van der Waals surface area contributed by atoms with Gasteiger partial charge in [-0.25, -0.2) is 4.79 Å². The molecule has 0 fully saturated rings. The Morgan fingerprint density at radius 3 is 2.45 bits per heavy atom. The van der Waals surface area contributed by atoms with Gasteiger partial charge in [0.1, 0.15) is 0 Å². The molecule has 116 valence electrons. The lowest BCUT2D eigenvalue weighted by Crippen LogP contribution is -2.38. The van der Waals surface area contributed by atoms with E-state index < -0.39 is 5.97 Å². The van der Waals surface area contributed by atoms with Crippen LogP contribution in [0.5, 0.6) is 0 Å². The normalized spacial score (nSPS) is 9.90. The van der Waals surface area contributed by atoms with Crippen molar-refractivity contribution in [1.82, 2.24) is 10.2 Å². The molecule has 0 aliphatic heterocycles. The number of hydrogen-bond donors (Lipinski definition) is 2. The summed E-state index contributed by atoms with van der Waals surface area (Å²) in [6.45, 7) is 2.88. The molecule has 0 spiro atoms. The number of carboxylic acids is 1. The Hall–Kier alpha value is -1.79. The van der Waals surface area contributed by atoms with Crippen LogP contribution in [0.4, 0.5) is 4.79 Å². The third-order valence-corrected chi connectivity index (χ3v) is 2.65. The fraction of sp³-hybridized carbons (Fsp3) is 0.769. The average Bonchev–Trinajstić information content (AvgIpc) is 2.39. The van der Waals surface area contributed by atoms with Crippen LogP contribution >= 0.6 is 0 Å². The van der Waals surface area contributed by atoms with Crippen molar-refractivity contribution < 1.29 is 24.2 Å². The number of rotatable bonds is 10. The number of nitrogens with one attached hydrogen (secondary N) is 1. The van der Waals surface area contributed by atoms with Gasteiger partial charge in [-0.2, -0.15) is 0 Å². The van der Waals surface area contributed by atoms with Crippen molar-refractivity contribution in [1.29, 1.82) is 0 Å². The second kappa shape index (κ2) is 11.1. The van der Waals surface area contributed by atoms with Gasteiger partial charge in [0.2, 0.25) is 0 Å². The van der Waals surface area contributed by atoms with Crippen molar-refractivity contribution in [2.24, 2.45) is 0 Å². The van der Waals surface area contributed by atoms with E-state index in [-0.39, 0.29) is 24.8 Å². The fourth-order valence-corrected chi connectivity index (χ4v) is 1.50. The molecule has 2 amide bonds. The van der Waals surface area contributed by atoms with Crippen molar-refractivity contribution in [3.8, 4) is 0 Å². The lowest BCUT2D eigenvalue weighted by atomic mass is 10.2. The summed E-state index contributed by atoms with van der Waals surface area (Å²) in [4.78, 5) is 34.5. The van der Waals surface area contributed by atoms with Crippen LogP contribution in [-0.2, 0) is 14.3 Å². The summed E-state index contributed by atoms with van der Waals surface area (Å²) in [6, 6.07) is -0.243. The van der Waals surface area contributed by atoms with E-state index in [1.54, 1.807) is 14.0 Å². The third-order valence-electron chi connectivity index (χ3n) is 2.65. The molecule has 7 heteroatoms. The molecule has 20 heavy (non-hydrogen) atoms. The van der Waals surface area contributed by atoms with Gasteiger partial charge in [0.05, 0.1) is 13.0 Å². The molecule has 0 aliphatic rings. The Balaban J connectivity index is 3.60. The number of urea groups is 1. The van der Waals surface area contributed by atoms with Crippen LogP contribution in [0.15, 0.2) is 0 Å². The van der Waals surface area contributed by atoms with E-state index in [9.17, 15) is 14.4 Å². The first-order chi connectivity index (χ1) is 9.47. The van der Waals surface area contributed by atoms with E-state index in [4.69, 9.17) is 9.84 Å². The minimum absolute atomic E-state index is 0.160. The van der Waals surface area contributed by atoms with Crippen LogP contribution in [0.3, 0.4) is 0 Å². The molecule has 0 saturated carbocycles. The van der Waals surface area contributed by atoms with E-state index in [0.29, 0.717) is 26.1 Å². The van der Waals surface area contributed by atoms with Crippen molar-refractivity contribution >= 4 is 18.0 Å². The molecule has 0 atom stereocenters. The highest BCUT2D eigenvalue weighted by atomic mass is 16.5. The summed E-state index contributed by atoms with van der Waals surface area (Å²) in [5.74, 6) is -1.12. The monoisotopic (exact) mass is 288 g/mol. The Morgan fingerprint density at radius 1 is 1.15 bits per heavy atom. The number of hydrogen-bond acceptors (Lipinski definition) is 4. The van der Waals surface area contributed by atoms with Crippen LogP contribution in [-0.4, -0.2) is 54.7 Å². The van der Waals surface area contributed by atoms with Gasteiger partial charge in [-0.3, -0.25) is 9.59 Å². The molecular formula is C13H24N2O5. The number of unbranched alkanes of at least 4 members (excludes halogenated alkanes) is 2. The highest BCUT2D eigenvalue weighted by molar-refractivity contribution is 5.75. The number of esters is 1. The van der Waals surface area contributed by atoms with Gasteiger partial charge in [-0.15, -0.1) is 0 Å². The quantitative estimate of drug-likeness (QED) is 0.465. The van der Waals surface area contributed by atoms with Crippen molar-refractivity contribution in [3.63, 3.8) is 0 Å². The number of carbonyl (C=O) groups is 3. The smallest absolute Gasteiger partial charge is 0.317 e. The zero-order valence-electron chi connectivity index (χ0n) is 12.2. The number of nitrogens with zero attached hydrogens (tertiary/aromatic N) is 1. The molecular weight excluding hydrogens is 264 g/mol. The van der Waals surface area contributed by atoms with Crippen molar-refractivity contribution in [2.45, 2.75) is 39.0 Å². The van der Waals surface area contributed by atoms with Gasteiger partial charge < -0.3 is 20.1 Å². The standard InChI is InChI=1S/C13H24N2O5/c1-3-20-12(18)8-10-15(2)13(19)14-9-6-4-5-7-11(16)17/h3-10H2,1-2H3,(H,14,19)(H,16,17). The van der Waals surface area contributed by atoms with Crippen LogP contribution in [0.2, 0.25) is 0 Å². The van der Waals surface area contributed by atoms with E-state index in [0.717, 1.165) is 12.8 Å². The first-order valence-electron chi connectivity index (χ1n) is 6.83. The maximum atomic E-state index is 11.6. The highest BCUT2D eigenvalue weighted by Crippen LogP contribution is 1.99. The number of carboxylic acid groups (broad SMARTS) is 1. The largest absolute Gasteiger partial charge is 0.481 e. The number of carbonyl (C=O) groups excluding carboxylic acids is 2. The maximum Gasteiger partial charge on any atom is 0.317 e. The number of aliphatic carboxylic acids is 1. The van der Waals surface area contributed by atoms with E-state index >= 15 is 0 Å². The van der Waals surface area contributed by atoms with Crippen LogP contribution in [0, 0.1) is 0 Å². The minimum atomic E-state index is -0.798. The molecule has 0 aliphatic carbocycles. The van der Waals surface area contributed by atoms with Gasteiger partial charge in [0.25, 0.3) is 0 Å². The molecule has 0 aromatic heterocycles. The molecule has 0 aromatic carbocycles. The van der Waals surface area contributed by atoms with E-state index in [1.807, 2.05) is 0 Å². The zero-order valence-corrected chi connectivity index (χ0v) is 12.2. The maximum absolute atomic E-state index is 11.6. The summed E-state index contributed by atoms with van der Waals surface area (Å²) in [6.07, 6.45) is 2.46. The zero-order chi connectivity index (χ0) is 15.4. The molecule has 0 heterocycles. The topological polar surface area (TPSA) is 95.9 Å². The van der Waals surface area contributed by atoms with Gasteiger partial charge in [0.15, 0.2) is 0 Å². The molecule has 0 unspecified atom stereocenters. The Morgan fingerprint density at radius 2 is 1.85 bits per heavy atom. The second-order valence-corrected chi connectivity index (χ2v) is 4.41. The predicted octanol–water partition coefficient (Wildman–Crippen LogP) is 1.23. The molecule has 2 N–H and O–H groups in total. The second-order valence-electron chi connectivity index (χ2n) is 4.41. The van der Waals surface area contributed by atoms with Gasteiger partial charge in [0, 0.05) is 26.6 Å². The summed E-state index contributed by atoms with van der Waals surface area (Å²) in [7, 11) is 1.61. The summed E-state index contributed by atoms with van der Waals surface area (Å²) in [5, 5.41) is 11.2. The SMILES string of the molecule is CCOC(=O)CCN(C)C(=O)NCCCCCC(=O)O. The summed E-state index contributed by atoms with van der Waals surface area (Å²) < 4.78 is 4.77. The average molecular weight is 288 g/mol. The summed E-state index contributed by atoms with van der Waals surface area (Å²) in [5.41, 5.74) is 0. The first-order valence-corrected chi connectivity index (χ1v) is 6.83. The summed E-state index contributed by atoms with van der Waals surface area (Å²) >= 11 is 0. The lowest BCUT2D eigenvalue weighted by Gasteiger charge is -2.17. The van der Waals surface area contributed by atoms with Crippen LogP contribution < -0.4 is 5.32 Å². The predicted molar refractivity (Wildman–Crippen MR) is 73.4 cm³/mol. The molecule has 0 aromatic rings. The third kappa shape index (κ3) is 10.2. The molecule has 0 bridgehead atoms. The van der Waals surface area contributed by atoms with Gasteiger partial charge in [-0.05, 0) is 19.8 Å². The molecule has 7 nitrogen and oxygen atoms in total. The van der Waals surface area contributed by atoms with E-state index in [1.165, 1.54) is 4.90 Å². The van der Waals surface area contributed by atoms with Crippen molar-refractivity contribution in [2.75, 3.05) is 26.7 Å². The van der Waals surface area contributed by atoms with E-state index in [2.05, 4.69) is 5.32 Å². The highest BCUT2D eigenvalue weighted by Gasteiger charge is 2.10. The number of ether oxygens (including phenoxy) is 1. The Kier molecular flexibility index (Phi) is 10.1. The first kappa shape index (κ1) is 18.2. The Labute approximate surface area is 119 Å². The van der Waals surface area contributed by atoms with Gasteiger partial charge in [-0.1, -0.05) is 6.42 Å². The minimum Gasteiger partial charge on any atom is -0.481 e. The van der Waals surface area contributed by atoms with Crippen LogP contribution in [0.1, 0.15) is 39.0 Å². The van der Waals surface area contributed by atoms with Gasteiger partial charge >= 0.3 is 18.0 Å². The van der Waals surface area contributed by atoms with Crippen LogP contribution in [0.25, 0.3) is 0 Å². The molecule has 0 radical (unpaired) electrons. The molecule has 0 saturated heterocycles.